The first-order valence-corrected chi connectivity index (χ1v) is 11.8. The first-order chi connectivity index (χ1) is 14.7. The highest BCUT2D eigenvalue weighted by atomic mass is 15.1. The summed E-state index contributed by atoms with van der Waals surface area (Å²) < 4.78 is 0. The lowest BCUT2D eigenvalue weighted by Crippen LogP contribution is -2.23. The van der Waals surface area contributed by atoms with Crippen LogP contribution in [0.5, 0.6) is 0 Å². The second kappa shape index (κ2) is 9.79. The molecule has 0 N–H and O–H groups in total. The molecule has 1 aromatic carbocycles. The molecule has 3 aliphatic rings. The molecule has 0 bridgehead atoms. The molecule has 30 heavy (non-hydrogen) atoms. The molecule has 2 fully saturated rings. The van der Waals surface area contributed by atoms with E-state index in [1.807, 2.05) is 6.08 Å². The summed E-state index contributed by atoms with van der Waals surface area (Å²) in [5, 5.41) is 0. The van der Waals surface area contributed by atoms with E-state index in [-0.39, 0.29) is 0 Å². The normalized spacial score (nSPS) is 29.3. The number of rotatable bonds is 9. The maximum Gasteiger partial charge on any atom is 0.00476 e. The van der Waals surface area contributed by atoms with Crippen LogP contribution < -0.4 is 0 Å². The Hall–Kier alpha value is -2.12. The summed E-state index contributed by atoms with van der Waals surface area (Å²) in [7, 11) is 0. The maximum absolute atomic E-state index is 4.17. The van der Waals surface area contributed by atoms with Crippen molar-refractivity contribution in [3.8, 4) is 0 Å². The van der Waals surface area contributed by atoms with Gasteiger partial charge in [0.2, 0.25) is 0 Å². The number of likely N-dealkylation sites (tertiary alicyclic amines) is 1. The third-order valence-corrected chi connectivity index (χ3v) is 7.36. The van der Waals surface area contributed by atoms with Crippen molar-refractivity contribution in [3.05, 3.63) is 96.2 Å². The van der Waals surface area contributed by atoms with Crippen molar-refractivity contribution in [1.82, 2.24) is 4.90 Å². The highest BCUT2D eigenvalue weighted by molar-refractivity contribution is 5.51. The third-order valence-electron chi connectivity index (χ3n) is 7.36. The second-order valence-electron chi connectivity index (χ2n) is 9.43. The highest BCUT2D eigenvalue weighted by Gasteiger charge is 2.44. The van der Waals surface area contributed by atoms with Crippen molar-refractivity contribution in [3.63, 3.8) is 0 Å². The van der Waals surface area contributed by atoms with Gasteiger partial charge < -0.3 is 4.90 Å². The molecule has 4 atom stereocenters. The van der Waals surface area contributed by atoms with Gasteiger partial charge in [0.05, 0.1) is 0 Å². The van der Waals surface area contributed by atoms with Gasteiger partial charge in [0.1, 0.15) is 0 Å². The van der Waals surface area contributed by atoms with Crippen LogP contribution in [0.1, 0.15) is 38.2 Å². The summed E-state index contributed by atoms with van der Waals surface area (Å²) in [6.45, 7) is 14.0. The molecule has 0 radical (unpaired) electrons. The zero-order valence-electron chi connectivity index (χ0n) is 18.6. The fraction of sp³-hybridized carbons (Fsp3) is 0.448. The smallest absolute Gasteiger partial charge is 0.00476 e. The van der Waals surface area contributed by atoms with Gasteiger partial charge in [-0.3, -0.25) is 0 Å². The summed E-state index contributed by atoms with van der Waals surface area (Å²) in [6, 6.07) is 10.9. The van der Waals surface area contributed by atoms with Crippen LogP contribution in [0.2, 0.25) is 0 Å². The lowest BCUT2D eigenvalue weighted by atomic mass is 9.86. The van der Waals surface area contributed by atoms with Gasteiger partial charge >= 0.3 is 0 Å². The molecule has 2 aliphatic carbocycles. The van der Waals surface area contributed by atoms with E-state index in [0.29, 0.717) is 5.92 Å². The minimum Gasteiger partial charge on any atom is -0.302 e. The van der Waals surface area contributed by atoms with Crippen molar-refractivity contribution in [2.75, 3.05) is 19.6 Å². The molecule has 1 saturated heterocycles. The van der Waals surface area contributed by atoms with Gasteiger partial charge in [-0.15, -0.1) is 6.58 Å². The zero-order chi connectivity index (χ0) is 20.9. The number of hydrogen-bond acceptors (Lipinski definition) is 1. The molecule has 0 amide bonds. The van der Waals surface area contributed by atoms with Crippen molar-refractivity contribution >= 4 is 0 Å². The molecule has 1 aliphatic heterocycles. The van der Waals surface area contributed by atoms with Crippen LogP contribution in [-0.4, -0.2) is 24.5 Å². The number of hydrogen-bond donors (Lipinski definition) is 0. The summed E-state index contributed by atoms with van der Waals surface area (Å²) >= 11 is 0. The minimum atomic E-state index is 0.643. The highest BCUT2D eigenvalue weighted by Crippen LogP contribution is 2.52. The molecule has 0 spiro atoms. The monoisotopic (exact) mass is 399 g/mol. The van der Waals surface area contributed by atoms with Crippen molar-refractivity contribution in [2.24, 2.45) is 23.7 Å². The molecule has 1 heteroatoms. The average molecular weight is 400 g/mol. The van der Waals surface area contributed by atoms with Crippen molar-refractivity contribution < 1.29 is 0 Å². The molecule has 0 aromatic heterocycles. The number of nitrogens with zero attached hydrogens (tertiary/aromatic N) is 1. The molecule has 1 saturated carbocycles. The molecule has 1 nitrogen and oxygen atoms in total. The summed E-state index contributed by atoms with van der Waals surface area (Å²) in [4.78, 5) is 2.67. The van der Waals surface area contributed by atoms with Crippen LogP contribution >= 0.6 is 0 Å². The van der Waals surface area contributed by atoms with Gasteiger partial charge in [-0.1, -0.05) is 67.3 Å². The fourth-order valence-corrected chi connectivity index (χ4v) is 5.58. The Labute approximate surface area is 183 Å². The first-order valence-electron chi connectivity index (χ1n) is 11.8. The number of benzene rings is 1. The van der Waals surface area contributed by atoms with Gasteiger partial charge in [-0.2, -0.15) is 0 Å². The molecule has 158 valence electrons. The van der Waals surface area contributed by atoms with Crippen molar-refractivity contribution in [2.45, 2.75) is 39.0 Å². The molecule has 4 unspecified atom stereocenters. The fourth-order valence-electron chi connectivity index (χ4n) is 5.58. The third kappa shape index (κ3) is 4.95. The van der Waals surface area contributed by atoms with Gasteiger partial charge in [0, 0.05) is 19.6 Å². The Bertz CT molecular complexity index is 840. The SMILES string of the molecule is C=C/C=C(\C1=CCCC=C1C)C1CC1CC1CN(CCc2ccccc2)CC1C=C. The number of allylic oxidation sites excluding steroid dienone is 7. The van der Waals surface area contributed by atoms with Crippen LogP contribution in [0.3, 0.4) is 0 Å². The summed E-state index contributed by atoms with van der Waals surface area (Å²) in [5.41, 5.74) is 5.93. The molecular formula is C29H37N. The zero-order valence-corrected chi connectivity index (χ0v) is 18.6. The quantitative estimate of drug-likeness (QED) is 0.327. The minimum absolute atomic E-state index is 0.643. The Morgan fingerprint density at radius 2 is 1.87 bits per heavy atom. The van der Waals surface area contributed by atoms with E-state index in [2.05, 4.69) is 79.6 Å². The largest absolute Gasteiger partial charge is 0.302 e. The van der Waals surface area contributed by atoms with E-state index in [0.717, 1.165) is 30.7 Å². The summed E-state index contributed by atoms with van der Waals surface area (Å²) in [5.74, 6) is 2.95. The summed E-state index contributed by atoms with van der Waals surface area (Å²) in [6.07, 6.45) is 17.5. The van der Waals surface area contributed by atoms with Gasteiger partial charge in [-0.05, 0) is 85.0 Å². The Morgan fingerprint density at radius 1 is 1.07 bits per heavy atom. The van der Waals surface area contributed by atoms with E-state index in [4.69, 9.17) is 0 Å². The average Bonchev–Trinajstić information content (AvgIpc) is 3.41. The van der Waals surface area contributed by atoms with E-state index >= 15 is 0 Å². The van der Waals surface area contributed by atoms with Gasteiger partial charge in [0.15, 0.2) is 0 Å². The lowest BCUT2D eigenvalue weighted by molar-refractivity contribution is 0.321. The van der Waals surface area contributed by atoms with E-state index < -0.39 is 0 Å². The van der Waals surface area contributed by atoms with Crippen LogP contribution in [0.25, 0.3) is 0 Å². The molecular weight excluding hydrogens is 362 g/mol. The topological polar surface area (TPSA) is 3.24 Å². The second-order valence-corrected chi connectivity index (χ2v) is 9.43. The maximum atomic E-state index is 4.17. The standard InChI is InChI=1S/C29H37N/c1-4-11-28(27-15-10-9-12-22(27)3)29-19-25(29)18-26-21-30(20-24(26)5-2)17-16-23-13-7-6-8-14-23/h4-8,11-15,24-26,29H,1-2,9-10,16-21H2,3H3/b28-11+. The van der Waals surface area contributed by atoms with E-state index in [1.165, 1.54) is 61.1 Å². The van der Waals surface area contributed by atoms with Gasteiger partial charge in [-0.25, -0.2) is 0 Å². The Kier molecular flexibility index (Phi) is 6.89. The Balaban J connectivity index is 1.34. The Morgan fingerprint density at radius 3 is 2.60 bits per heavy atom. The van der Waals surface area contributed by atoms with Gasteiger partial charge in [0.25, 0.3) is 0 Å². The van der Waals surface area contributed by atoms with Crippen molar-refractivity contribution in [1.29, 1.82) is 0 Å². The molecule has 4 rings (SSSR count). The van der Waals surface area contributed by atoms with Crippen LogP contribution in [0, 0.1) is 23.7 Å². The van der Waals surface area contributed by atoms with E-state index in [1.54, 1.807) is 0 Å². The lowest BCUT2D eigenvalue weighted by Gasteiger charge is -2.18. The van der Waals surface area contributed by atoms with Crippen LogP contribution in [-0.2, 0) is 6.42 Å². The predicted molar refractivity (Wildman–Crippen MR) is 129 cm³/mol. The van der Waals surface area contributed by atoms with E-state index in [9.17, 15) is 0 Å². The van der Waals surface area contributed by atoms with Crippen LogP contribution in [0.4, 0.5) is 0 Å². The predicted octanol–water partition coefficient (Wildman–Crippen LogP) is 6.77. The van der Waals surface area contributed by atoms with Crippen LogP contribution in [0.15, 0.2) is 90.6 Å². The molecule has 1 aromatic rings. The first kappa shape index (κ1) is 21.1. The molecule has 1 heterocycles.